The first kappa shape index (κ1) is 13.1. The van der Waals surface area contributed by atoms with E-state index in [0.29, 0.717) is 11.1 Å². The molecule has 2 rings (SSSR count). The van der Waals surface area contributed by atoms with Crippen LogP contribution in [0.5, 0.6) is 0 Å². The van der Waals surface area contributed by atoms with Crippen LogP contribution in [0.4, 0.5) is 8.87 Å². The Bertz CT molecular complexity index is 587. The molecule has 0 aliphatic heterocycles. The maximum Gasteiger partial charge on any atom is 0.247 e. The van der Waals surface area contributed by atoms with Crippen molar-refractivity contribution in [3.63, 3.8) is 0 Å². The quantitative estimate of drug-likeness (QED) is 0.796. The lowest BCUT2D eigenvalue weighted by Crippen LogP contribution is -2.19. The van der Waals surface area contributed by atoms with Crippen molar-refractivity contribution in [1.82, 2.24) is 10.1 Å². The number of carbonyl (C=O) groups is 1. The minimum absolute atomic E-state index is 0.0191. The van der Waals surface area contributed by atoms with Gasteiger partial charge < -0.3 is 0 Å². The molecular formula is C14H12F2N2O. The minimum Gasteiger partial charge on any atom is -0.273 e. The third-order valence-corrected chi connectivity index (χ3v) is 2.72. The van der Waals surface area contributed by atoms with Crippen molar-refractivity contribution >= 4 is 5.91 Å². The monoisotopic (exact) mass is 262 g/mol. The average Bonchev–Trinajstić information content (AvgIpc) is 2.42. The zero-order valence-corrected chi connectivity index (χ0v) is 10.3. The van der Waals surface area contributed by atoms with Gasteiger partial charge in [0.05, 0.1) is 6.54 Å². The Balaban J connectivity index is 2.36. The van der Waals surface area contributed by atoms with Crippen molar-refractivity contribution in [2.45, 2.75) is 13.5 Å². The molecule has 0 radical (unpaired) electrons. The van der Waals surface area contributed by atoms with Crippen LogP contribution in [0.1, 0.15) is 12.5 Å². The minimum atomic E-state index is -0.756. The van der Waals surface area contributed by atoms with Crippen molar-refractivity contribution in [2.24, 2.45) is 0 Å². The number of benzene rings is 1. The molecule has 1 heterocycles. The maximum absolute atomic E-state index is 14.3. The lowest BCUT2D eigenvalue weighted by molar-refractivity contribution is -0.145. The van der Waals surface area contributed by atoms with Crippen molar-refractivity contribution in [2.75, 3.05) is 0 Å². The molecule has 0 unspecified atom stereocenters. The number of amides is 1. The van der Waals surface area contributed by atoms with Crippen molar-refractivity contribution in [3.8, 4) is 11.1 Å². The summed E-state index contributed by atoms with van der Waals surface area (Å²) < 4.78 is 27.5. The summed E-state index contributed by atoms with van der Waals surface area (Å²) in [5.74, 6) is -1.29. The fraction of sp³-hybridized carbons (Fsp3) is 0.143. The van der Waals surface area contributed by atoms with Crippen LogP contribution in [0.15, 0.2) is 42.7 Å². The number of nitrogens with zero attached hydrogens (tertiary/aromatic N) is 2. The van der Waals surface area contributed by atoms with Crippen LogP contribution in [0.3, 0.4) is 0 Å². The van der Waals surface area contributed by atoms with Crippen molar-refractivity contribution < 1.29 is 13.7 Å². The van der Waals surface area contributed by atoms with Crippen LogP contribution in [-0.2, 0) is 11.3 Å². The number of halogens is 2. The Morgan fingerprint density at radius 1 is 1.26 bits per heavy atom. The van der Waals surface area contributed by atoms with Crippen LogP contribution in [-0.4, -0.2) is 16.0 Å². The highest BCUT2D eigenvalue weighted by molar-refractivity contribution is 5.72. The van der Waals surface area contributed by atoms with Gasteiger partial charge >= 0.3 is 0 Å². The zero-order chi connectivity index (χ0) is 13.8. The molecule has 1 aromatic heterocycles. The summed E-state index contributed by atoms with van der Waals surface area (Å²) in [5.41, 5.74) is 1.14. The molecule has 3 nitrogen and oxygen atoms in total. The van der Waals surface area contributed by atoms with Gasteiger partial charge in [-0.05, 0) is 17.7 Å². The first-order valence-corrected chi connectivity index (χ1v) is 5.71. The fourth-order valence-electron chi connectivity index (χ4n) is 1.72. The number of carbonyl (C=O) groups excluding carboxylic acids is 1. The summed E-state index contributed by atoms with van der Waals surface area (Å²) in [6.07, 6.45) is 3.11. The smallest absolute Gasteiger partial charge is 0.247 e. The van der Waals surface area contributed by atoms with Crippen molar-refractivity contribution in [1.29, 1.82) is 0 Å². The van der Waals surface area contributed by atoms with Crippen LogP contribution >= 0.6 is 0 Å². The summed E-state index contributed by atoms with van der Waals surface area (Å²) in [7, 11) is 0. The molecule has 0 atom stereocenters. The van der Waals surface area contributed by atoms with Crippen LogP contribution in [0.25, 0.3) is 11.1 Å². The standard InChI is InChI=1S/C14H12F2N2O/c1-10(19)18(16)9-12-3-2-4-13(14(12)15)11-5-7-17-8-6-11/h2-8H,9H2,1H3. The molecule has 0 fully saturated rings. The van der Waals surface area contributed by atoms with Gasteiger partial charge in [-0.1, -0.05) is 22.7 Å². The van der Waals surface area contributed by atoms with Gasteiger partial charge in [0.1, 0.15) is 5.82 Å². The molecule has 0 saturated carbocycles. The molecule has 0 aliphatic carbocycles. The van der Waals surface area contributed by atoms with E-state index >= 15 is 0 Å². The van der Waals surface area contributed by atoms with Gasteiger partial charge in [-0.2, -0.15) is 5.12 Å². The maximum atomic E-state index is 14.3. The van der Waals surface area contributed by atoms with Gasteiger partial charge in [0.25, 0.3) is 0 Å². The molecule has 19 heavy (non-hydrogen) atoms. The Labute approximate surface area is 109 Å². The number of rotatable bonds is 3. The van der Waals surface area contributed by atoms with E-state index in [9.17, 15) is 13.7 Å². The van der Waals surface area contributed by atoms with E-state index in [1.54, 1.807) is 36.7 Å². The number of hydrogen-bond acceptors (Lipinski definition) is 2. The van der Waals surface area contributed by atoms with Gasteiger partial charge in [0.2, 0.25) is 5.91 Å². The van der Waals surface area contributed by atoms with Crippen molar-refractivity contribution in [3.05, 3.63) is 54.1 Å². The van der Waals surface area contributed by atoms with Gasteiger partial charge in [-0.25, -0.2) is 4.39 Å². The van der Waals surface area contributed by atoms with Crippen LogP contribution in [0, 0.1) is 5.82 Å². The van der Waals surface area contributed by atoms with Gasteiger partial charge in [-0.3, -0.25) is 9.78 Å². The van der Waals surface area contributed by atoms with E-state index in [-0.39, 0.29) is 10.7 Å². The number of pyridine rings is 1. The molecule has 0 spiro atoms. The normalized spacial score (nSPS) is 10.3. The second-order valence-electron chi connectivity index (χ2n) is 4.05. The topological polar surface area (TPSA) is 33.2 Å². The van der Waals surface area contributed by atoms with E-state index in [2.05, 4.69) is 4.98 Å². The Morgan fingerprint density at radius 2 is 1.95 bits per heavy atom. The SMILES string of the molecule is CC(=O)N(F)Cc1cccc(-c2ccncc2)c1F. The first-order chi connectivity index (χ1) is 9.09. The molecule has 98 valence electrons. The summed E-state index contributed by atoms with van der Waals surface area (Å²) >= 11 is 0. The first-order valence-electron chi connectivity index (χ1n) is 5.71. The van der Waals surface area contributed by atoms with E-state index in [1.165, 1.54) is 6.07 Å². The largest absolute Gasteiger partial charge is 0.273 e. The molecule has 1 aromatic carbocycles. The van der Waals surface area contributed by atoms with Crippen LogP contribution in [0.2, 0.25) is 0 Å². The van der Waals surface area contributed by atoms with Gasteiger partial charge in [0, 0.05) is 30.4 Å². The summed E-state index contributed by atoms with van der Waals surface area (Å²) in [6, 6.07) is 8.02. The second kappa shape index (κ2) is 5.56. The molecule has 0 bridgehead atoms. The summed E-state index contributed by atoms with van der Waals surface area (Å²) in [4.78, 5) is 14.7. The Morgan fingerprint density at radius 3 is 2.58 bits per heavy atom. The van der Waals surface area contributed by atoms with Gasteiger partial charge in [0.15, 0.2) is 0 Å². The molecule has 2 aromatic rings. The molecule has 0 aliphatic rings. The van der Waals surface area contributed by atoms with E-state index in [0.717, 1.165) is 6.92 Å². The highest BCUT2D eigenvalue weighted by Crippen LogP contribution is 2.25. The molecule has 0 N–H and O–H groups in total. The highest BCUT2D eigenvalue weighted by Gasteiger charge is 2.14. The fourth-order valence-corrected chi connectivity index (χ4v) is 1.72. The van der Waals surface area contributed by atoms with Crippen LogP contribution < -0.4 is 0 Å². The summed E-state index contributed by atoms with van der Waals surface area (Å²) in [5, 5.41) is -0.0191. The number of aromatic nitrogens is 1. The summed E-state index contributed by atoms with van der Waals surface area (Å²) in [6.45, 7) is 0.685. The molecular weight excluding hydrogens is 250 g/mol. The third kappa shape index (κ3) is 2.93. The number of hydrogen-bond donors (Lipinski definition) is 0. The third-order valence-electron chi connectivity index (χ3n) is 2.72. The highest BCUT2D eigenvalue weighted by atomic mass is 19.2. The lowest BCUT2D eigenvalue weighted by Gasteiger charge is -2.12. The van der Waals surface area contributed by atoms with Gasteiger partial charge in [-0.15, -0.1) is 0 Å². The van der Waals surface area contributed by atoms with E-state index in [4.69, 9.17) is 0 Å². The zero-order valence-electron chi connectivity index (χ0n) is 10.3. The average molecular weight is 262 g/mol. The Kier molecular flexibility index (Phi) is 3.85. The van der Waals surface area contributed by atoms with E-state index in [1.807, 2.05) is 0 Å². The predicted octanol–water partition coefficient (Wildman–Crippen LogP) is 3.12. The molecule has 0 saturated heterocycles. The second-order valence-corrected chi connectivity index (χ2v) is 4.05. The van der Waals surface area contributed by atoms with E-state index < -0.39 is 18.3 Å². The Hall–Kier alpha value is -2.30. The molecule has 5 heteroatoms. The molecule has 1 amide bonds. The predicted molar refractivity (Wildman–Crippen MR) is 67.0 cm³/mol. The lowest BCUT2D eigenvalue weighted by atomic mass is 10.0.